The van der Waals surface area contributed by atoms with E-state index in [0.29, 0.717) is 35.7 Å². The summed E-state index contributed by atoms with van der Waals surface area (Å²) in [7, 11) is 0.180. The molecule has 1 fully saturated rings. The second-order valence-electron chi connectivity index (χ2n) is 12.7. The van der Waals surface area contributed by atoms with E-state index in [4.69, 9.17) is 14.8 Å². The number of hydrogen-bond donors (Lipinski definition) is 1. The van der Waals surface area contributed by atoms with Gasteiger partial charge in [-0.3, -0.25) is 4.79 Å². The summed E-state index contributed by atoms with van der Waals surface area (Å²) < 4.78 is 38.0. The maximum absolute atomic E-state index is 14.3. The summed E-state index contributed by atoms with van der Waals surface area (Å²) in [6.07, 6.45) is 12.2. The minimum atomic E-state index is -3.83. The van der Waals surface area contributed by atoms with Crippen molar-refractivity contribution in [2.75, 3.05) is 33.8 Å². The first-order valence-electron chi connectivity index (χ1n) is 17.1. The second-order valence-corrected chi connectivity index (χ2v) is 14.6. The van der Waals surface area contributed by atoms with Crippen LogP contribution >= 0.6 is 0 Å². The molecule has 2 heterocycles. The van der Waals surface area contributed by atoms with Gasteiger partial charge in [0.2, 0.25) is 10.0 Å². The highest BCUT2D eigenvalue weighted by atomic mass is 32.2. The molecule has 4 rings (SSSR count). The van der Waals surface area contributed by atoms with Crippen molar-refractivity contribution in [1.29, 1.82) is 0 Å². The molecule has 0 saturated heterocycles. The normalized spacial score (nSPS) is 15.4. The van der Waals surface area contributed by atoms with Crippen molar-refractivity contribution in [2.45, 2.75) is 122 Å². The largest absolute Gasteiger partial charge is 0.493 e. The molecule has 1 atom stereocenters. The molecular weight excluding hydrogens is 588 g/mol. The van der Waals surface area contributed by atoms with Crippen molar-refractivity contribution in [1.82, 2.24) is 28.8 Å². The van der Waals surface area contributed by atoms with E-state index in [2.05, 4.69) is 23.7 Å². The van der Waals surface area contributed by atoms with Crippen LogP contribution in [0.3, 0.4) is 0 Å². The molecule has 45 heavy (non-hydrogen) atoms. The van der Waals surface area contributed by atoms with Gasteiger partial charge < -0.3 is 14.6 Å². The Labute approximate surface area is 269 Å². The van der Waals surface area contributed by atoms with E-state index < -0.39 is 10.0 Å². The molecule has 3 aromatic rings. The van der Waals surface area contributed by atoms with Crippen molar-refractivity contribution in [3.63, 3.8) is 0 Å². The van der Waals surface area contributed by atoms with Crippen LogP contribution in [0.4, 0.5) is 0 Å². The molecular formula is C34H54N6O4S. The highest BCUT2D eigenvalue weighted by Gasteiger charge is 2.33. The first-order chi connectivity index (χ1) is 21.6. The molecule has 0 bridgehead atoms. The molecule has 0 aliphatic heterocycles. The van der Waals surface area contributed by atoms with Crippen LogP contribution in [0.25, 0.3) is 16.9 Å². The Hall–Kier alpha value is -2.76. The van der Waals surface area contributed by atoms with Gasteiger partial charge in [-0.25, -0.2) is 17.9 Å². The van der Waals surface area contributed by atoms with Gasteiger partial charge in [0.1, 0.15) is 11.6 Å². The van der Waals surface area contributed by atoms with Crippen molar-refractivity contribution in [3.8, 4) is 17.1 Å². The van der Waals surface area contributed by atoms with Crippen molar-refractivity contribution in [3.05, 3.63) is 40.1 Å². The average Bonchev–Trinajstić information content (AvgIpc) is 3.36. The lowest BCUT2D eigenvalue weighted by Crippen LogP contribution is -2.42. The highest BCUT2D eigenvalue weighted by Crippen LogP contribution is 2.34. The number of benzene rings is 1. The molecule has 1 aliphatic carbocycles. The monoisotopic (exact) mass is 642 g/mol. The van der Waals surface area contributed by atoms with Gasteiger partial charge in [-0.1, -0.05) is 58.8 Å². The Morgan fingerprint density at radius 2 is 1.80 bits per heavy atom. The van der Waals surface area contributed by atoms with Crippen molar-refractivity contribution in [2.24, 2.45) is 0 Å². The van der Waals surface area contributed by atoms with Crippen LogP contribution in [0.2, 0.25) is 0 Å². The second kappa shape index (κ2) is 16.2. The van der Waals surface area contributed by atoms with E-state index in [9.17, 15) is 13.2 Å². The zero-order valence-corrected chi connectivity index (χ0v) is 29.1. The smallest absolute Gasteiger partial charge is 0.277 e. The number of H-pyrrole nitrogens is 1. The third kappa shape index (κ3) is 8.34. The molecule has 1 aromatic carbocycles. The number of nitrogens with zero attached hydrogens (tertiary/aromatic N) is 5. The molecule has 250 valence electrons. The molecule has 2 aromatic heterocycles. The van der Waals surface area contributed by atoms with Crippen LogP contribution < -0.4 is 10.3 Å². The zero-order valence-electron chi connectivity index (χ0n) is 28.3. The van der Waals surface area contributed by atoms with Gasteiger partial charge in [0, 0.05) is 18.5 Å². The van der Waals surface area contributed by atoms with Crippen LogP contribution in [-0.4, -0.2) is 77.0 Å². The molecule has 1 aliphatic rings. The lowest BCUT2D eigenvalue weighted by molar-refractivity contribution is 0.242. The molecule has 0 amide bonds. The van der Waals surface area contributed by atoms with E-state index in [-0.39, 0.29) is 28.2 Å². The lowest BCUT2D eigenvalue weighted by Gasteiger charge is -2.34. The number of hydrogen-bond acceptors (Lipinski definition) is 7. The summed E-state index contributed by atoms with van der Waals surface area (Å²) in [6, 6.07) is 4.92. The predicted molar refractivity (Wildman–Crippen MR) is 181 cm³/mol. The summed E-state index contributed by atoms with van der Waals surface area (Å²) >= 11 is 0. The zero-order chi connectivity index (χ0) is 32.6. The van der Waals surface area contributed by atoms with E-state index in [1.165, 1.54) is 19.3 Å². The van der Waals surface area contributed by atoms with Crippen LogP contribution in [0, 0.1) is 6.92 Å². The topological polar surface area (TPSA) is 113 Å². The number of imidazole rings is 1. The Balaban J connectivity index is 1.79. The number of aromatic amines is 1. The van der Waals surface area contributed by atoms with Gasteiger partial charge in [0.25, 0.3) is 5.56 Å². The number of rotatable bonds is 17. The predicted octanol–water partition coefficient (Wildman–Crippen LogP) is 6.53. The fourth-order valence-corrected chi connectivity index (χ4v) is 8.34. The van der Waals surface area contributed by atoms with Crippen LogP contribution in [-0.2, 0) is 10.0 Å². The SMILES string of the molecule is CCCCCCC(CC)c1nc(C)c2c(=O)[nH]c(-c3cc(S(=O)(=O)N(CCCN(C)C)C4CCCCC4)ccc3OCC)nn12. The minimum absolute atomic E-state index is 0.0185. The van der Waals surface area contributed by atoms with E-state index in [0.717, 1.165) is 70.2 Å². The molecule has 0 radical (unpaired) electrons. The summed E-state index contributed by atoms with van der Waals surface area (Å²) in [4.78, 5) is 23.6. The van der Waals surface area contributed by atoms with E-state index in [1.54, 1.807) is 27.0 Å². The number of aromatic nitrogens is 4. The fraction of sp³-hybridized carbons (Fsp3) is 0.676. The van der Waals surface area contributed by atoms with Crippen LogP contribution in [0.5, 0.6) is 5.75 Å². The molecule has 1 unspecified atom stereocenters. The van der Waals surface area contributed by atoms with Crippen LogP contribution in [0.15, 0.2) is 27.9 Å². The highest BCUT2D eigenvalue weighted by molar-refractivity contribution is 7.89. The quantitative estimate of drug-likeness (QED) is 0.167. The molecule has 11 heteroatoms. The fourth-order valence-electron chi connectivity index (χ4n) is 6.59. The first-order valence-corrected chi connectivity index (χ1v) is 18.5. The summed E-state index contributed by atoms with van der Waals surface area (Å²) in [5.41, 5.74) is 1.20. The number of fused-ring (bicyclic) bond motifs is 1. The summed E-state index contributed by atoms with van der Waals surface area (Å²) in [5, 5.41) is 4.91. The maximum atomic E-state index is 14.3. The van der Waals surface area contributed by atoms with Crippen molar-refractivity contribution < 1.29 is 13.2 Å². The number of unbranched alkanes of at least 4 members (excludes halogenated alkanes) is 3. The molecule has 0 spiro atoms. The first kappa shape index (κ1) is 35.1. The van der Waals surface area contributed by atoms with Crippen LogP contribution in [0.1, 0.15) is 115 Å². The van der Waals surface area contributed by atoms with Gasteiger partial charge in [-0.2, -0.15) is 4.31 Å². The number of ether oxygens (including phenoxy) is 1. The molecule has 10 nitrogen and oxygen atoms in total. The van der Waals surface area contributed by atoms with E-state index in [1.807, 2.05) is 27.9 Å². The molecule has 1 saturated carbocycles. The summed E-state index contributed by atoms with van der Waals surface area (Å²) in [5.74, 6) is 1.68. The third-order valence-electron chi connectivity index (χ3n) is 9.04. The third-order valence-corrected chi connectivity index (χ3v) is 11.0. The number of aryl methyl sites for hydroxylation is 1. The Morgan fingerprint density at radius 1 is 1.04 bits per heavy atom. The standard InChI is InChI=1S/C34H54N6O4S/c1-7-10-11-13-17-26(8-2)33-35-25(4)31-34(41)36-32(37-40(31)33)29-24-28(20-21-30(29)44-9-3)45(42,43)39(23-16-22-38(5)6)27-18-14-12-15-19-27/h20-21,24,26-27H,7-19,22-23H2,1-6H3,(H,36,37,41). The lowest BCUT2D eigenvalue weighted by atomic mass is 9.95. The number of nitrogens with one attached hydrogen (secondary N) is 1. The van der Waals surface area contributed by atoms with Gasteiger partial charge >= 0.3 is 0 Å². The average molecular weight is 643 g/mol. The molecule has 1 N–H and O–H groups in total. The van der Waals surface area contributed by atoms with Gasteiger partial charge in [0.05, 0.1) is 22.8 Å². The van der Waals surface area contributed by atoms with Crippen molar-refractivity contribution >= 4 is 15.5 Å². The number of sulfonamides is 1. The van der Waals surface area contributed by atoms with E-state index >= 15 is 0 Å². The Bertz CT molecular complexity index is 1560. The minimum Gasteiger partial charge on any atom is -0.493 e. The van der Waals surface area contributed by atoms with Gasteiger partial charge in [-0.15, -0.1) is 5.10 Å². The Kier molecular flexibility index (Phi) is 12.6. The van der Waals surface area contributed by atoms with Gasteiger partial charge in [-0.05, 0) is 84.8 Å². The summed E-state index contributed by atoms with van der Waals surface area (Å²) in [6.45, 7) is 9.73. The Morgan fingerprint density at radius 3 is 2.47 bits per heavy atom. The maximum Gasteiger partial charge on any atom is 0.277 e. The van der Waals surface area contributed by atoms with Gasteiger partial charge in [0.15, 0.2) is 11.3 Å².